The first kappa shape index (κ1) is 28.2. The van der Waals surface area contributed by atoms with Crippen molar-refractivity contribution in [3.63, 3.8) is 0 Å². The molecule has 1 rings (SSSR count). The Bertz CT molecular complexity index is 585. The number of Topliss-reactive ketones (excluding diaryl/α,β-unsaturated/α-hetero) is 1. The average Bonchev–Trinajstić information content (AvgIpc) is 2.79. The second-order valence-electron chi connectivity index (χ2n) is 7.96. The SMILES string of the molecule is CCC(CO)OC(CCCC(=O)CCCC(=O)N1CCN(C/C=C/OC(C)=O)CC1)OC. The van der Waals surface area contributed by atoms with E-state index in [1.165, 1.54) is 13.2 Å². The molecule has 0 aromatic rings. The molecule has 1 saturated heterocycles. The van der Waals surface area contributed by atoms with Gasteiger partial charge in [0.15, 0.2) is 6.29 Å². The van der Waals surface area contributed by atoms with Crippen molar-refractivity contribution in [2.75, 3.05) is 46.4 Å². The van der Waals surface area contributed by atoms with E-state index in [0.29, 0.717) is 64.6 Å². The van der Waals surface area contributed by atoms with E-state index in [-0.39, 0.29) is 30.4 Å². The fraction of sp³-hybridized carbons (Fsp3) is 0.783. The fourth-order valence-corrected chi connectivity index (χ4v) is 3.43. The summed E-state index contributed by atoms with van der Waals surface area (Å²) in [4.78, 5) is 39.3. The van der Waals surface area contributed by atoms with E-state index in [1.807, 2.05) is 11.8 Å². The Labute approximate surface area is 191 Å². The highest BCUT2D eigenvalue weighted by atomic mass is 16.7. The highest BCUT2D eigenvalue weighted by molar-refractivity contribution is 5.80. The number of aliphatic hydroxyl groups is 1. The van der Waals surface area contributed by atoms with E-state index < -0.39 is 6.29 Å². The van der Waals surface area contributed by atoms with Gasteiger partial charge in [0.05, 0.1) is 19.0 Å². The third-order valence-electron chi connectivity index (χ3n) is 5.43. The summed E-state index contributed by atoms with van der Waals surface area (Å²) in [6, 6.07) is 0. The monoisotopic (exact) mass is 456 g/mol. The van der Waals surface area contributed by atoms with Crippen molar-refractivity contribution < 1.29 is 33.7 Å². The quantitative estimate of drug-likeness (QED) is 0.213. The minimum absolute atomic E-state index is 0.0501. The second-order valence-corrected chi connectivity index (χ2v) is 7.96. The van der Waals surface area contributed by atoms with E-state index in [2.05, 4.69) is 4.90 Å². The minimum Gasteiger partial charge on any atom is -0.435 e. The van der Waals surface area contributed by atoms with Crippen LogP contribution < -0.4 is 0 Å². The summed E-state index contributed by atoms with van der Waals surface area (Å²) >= 11 is 0. The predicted molar refractivity (Wildman–Crippen MR) is 120 cm³/mol. The molecule has 0 saturated carbocycles. The molecule has 0 aliphatic carbocycles. The molecule has 1 heterocycles. The van der Waals surface area contributed by atoms with Crippen LogP contribution in [0.15, 0.2) is 12.3 Å². The van der Waals surface area contributed by atoms with Crippen LogP contribution in [-0.2, 0) is 28.6 Å². The Balaban J connectivity index is 2.15. The Morgan fingerprint density at radius 2 is 1.75 bits per heavy atom. The van der Waals surface area contributed by atoms with E-state index in [0.717, 1.165) is 13.1 Å². The molecule has 2 unspecified atom stereocenters. The van der Waals surface area contributed by atoms with Crippen molar-refractivity contribution in [2.24, 2.45) is 0 Å². The van der Waals surface area contributed by atoms with Gasteiger partial charge in [0.25, 0.3) is 0 Å². The topological polar surface area (TPSA) is 106 Å². The van der Waals surface area contributed by atoms with Crippen molar-refractivity contribution in [3.05, 3.63) is 12.3 Å². The number of piperazine rings is 1. The summed E-state index contributed by atoms with van der Waals surface area (Å²) in [5.74, 6) is -0.104. The lowest BCUT2D eigenvalue weighted by molar-refractivity contribution is -0.168. The lowest BCUT2D eigenvalue weighted by Gasteiger charge is -2.34. The van der Waals surface area contributed by atoms with Crippen LogP contribution in [0.5, 0.6) is 0 Å². The number of carbonyl (C=O) groups excluding carboxylic acids is 3. The number of ketones is 1. The molecule has 9 nitrogen and oxygen atoms in total. The molecule has 1 aliphatic heterocycles. The number of aliphatic hydroxyl groups excluding tert-OH is 1. The van der Waals surface area contributed by atoms with Crippen LogP contribution in [-0.4, -0.2) is 91.4 Å². The van der Waals surface area contributed by atoms with Crippen molar-refractivity contribution in [2.45, 2.75) is 71.2 Å². The standard InChI is InChI=1S/C23H40N2O7/c1-4-21(18-26)32-23(30-3)11-6-9-20(28)8-5-10-22(29)25-15-13-24(14-16-25)12-7-17-31-19(2)27/h7,17,21,23,26H,4-6,8-16,18H2,1-3H3/b17-7+. The minimum atomic E-state index is -0.419. The number of hydrogen-bond donors (Lipinski definition) is 1. The maximum absolute atomic E-state index is 12.4. The fourth-order valence-electron chi connectivity index (χ4n) is 3.43. The molecule has 2 atom stereocenters. The molecule has 1 aliphatic rings. The summed E-state index contributed by atoms with van der Waals surface area (Å²) in [7, 11) is 1.56. The zero-order valence-electron chi connectivity index (χ0n) is 19.8. The van der Waals surface area contributed by atoms with E-state index >= 15 is 0 Å². The number of carbonyl (C=O) groups is 3. The molecule has 0 aromatic heterocycles. The van der Waals surface area contributed by atoms with Crippen molar-refractivity contribution in [3.8, 4) is 0 Å². The second kappa shape index (κ2) is 16.8. The molecular weight excluding hydrogens is 416 g/mol. The molecule has 9 heteroatoms. The van der Waals surface area contributed by atoms with Gasteiger partial charge in [0.1, 0.15) is 5.78 Å². The first-order valence-corrected chi connectivity index (χ1v) is 11.5. The number of methoxy groups -OCH3 is 1. The molecule has 1 fully saturated rings. The van der Waals surface area contributed by atoms with Gasteiger partial charge in [-0.15, -0.1) is 0 Å². The van der Waals surface area contributed by atoms with E-state index in [4.69, 9.17) is 14.2 Å². The summed E-state index contributed by atoms with van der Waals surface area (Å²) in [6.07, 6.45) is 6.26. The van der Waals surface area contributed by atoms with Crippen molar-refractivity contribution in [1.82, 2.24) is 9.80 Å². The molecule has 0 bridgehead atoms. The van der Waals surface area contributed by atoms with Gasteiger partial charge < -0.3 is 24.2 Å². The average molecular weight is 457 g/mol. The maximum Gasteiger partial charge on any atom is 0.307 e. The Hall–Kier alpha value is -1.81. The van der Waals surface area contributed by atoms with Gasteiger partial charge in [-0.2, -0.15) is 0 Å². The van der Waals surface area contributed by atoms with Gasteiger partial charge in [0, 0.05) is 66.0 Å². The van der Waals surface area contributed by atoms with Crippen LogP contribution in [0.3, 0.4) is 0 Å². The van der Waals surface area contributed by atoms with Gasteiger partial charge in [-0.05, 0) is 31.8 Å². The first-order chi connectivity index (χ1) is 15.4. The number of amides is 1. The largest absolute Gasteiger partial charge is 0.435 e. The van der Waals surface area contributed by atoms with Crippen molar-refractivity contribution in [1.29, 1.82) is 0 Å². The maximum atomic E-state index is 12.4. The molecule has 0 aromatic carbocycles. The van der Waals surface area contributed by atoms with Gasteiger partial charge in [0.2, 0.25) is 5.91 Å². The molecule has 1 N–H and O–H groups in total. The lowest BCUT2D eigenvalue weighted by Crippen LogP contribution is -2.48. The number of ether oxygens (including phenoxy) is 3. The molecular formula is C23H40N2O7. The van der Waals surface area contributed by atoms with Crippen LogP contribution in [0.1, 0.15) is 58.8 Å². The van der Waals surface area contributed by atoms with Crippen molar-refractivity contribution >= 4 is 17.7 Å². The normalized spacial score (nSPS) is 16.8. The van der Waals surface area contributed by atoms with Gasteiger partial charge in [-0.1, -0.05) is 6.92 Å². The molecule has 32 heavy (non-hydrogen) atoms. The van der Waals surface area contributed by atoms with Gasteiger partial charge in [-0.25, -0.2) is 0 Å². The van der Waals surface area contributed by atoms with Gasteiger partial charge in [-0.3, -0.25) is 19.3 Å². The highest BCUT2D eigenvalue weighted by Crippen LogP contribution is 2.13. The Kier molecular flexibility index (Phi) is 14.8. The van der Waals surface area contributed by atoms with Gasteiger partial charge >= 0.3 is 5.97 Å². The summed E-state index contributed by atoms with van der Waals surface area (Å²) in [5.41, 5.74) is 0. The zero-order chi connectivity index (χ0) is 23.8. The first-order valence-electron chi connectivity index (χ1n) is 11.5. The van der Waals surface area contributed by atoms with E-state index in [9.17, 15) is 19.5 Å². The Morgan fingerprint density at radius 3 is 2.34 bits per heavy atom. The van der Waals surface area contributed by atoms with E-state index in [1.54, 1.807) is 13.2 Å². The smallest absolute Gasteiger partial charge is 0.307 e. The zero-order valence-corrected chi connectivity index (χ0v) is 19.8. The summed E-state index contributed by atoms with van der Waals surface area (Å²) in [6.45, 7) is 6.79. The molecule has 0 spiro atoms. The summed E-state index contributed by atoms with van der Waals surface area (Å²) in [5, 5.41) is 9.21. The third kappa shape index (κ3) is 12.3. The molecule has 184 valence electrons. The van der Waals surface area contributed by atoms with Crippen LogP contribution in [0, 0.1) is 0 Å². The van der Waals surface area contributed by atoms with Crippen LogP contribution in [0.2, 0.25) is 0 Å². The number of esters is 1. The summed E-state index contributed by atoms with van der Waals surface area (Å²) < 4.78 is 15.7. The molecule has 0 radical (unpaired) electrons. The predicted octanol–water partition coefficient (Wildman–Crippen LogP) is 1.88. The lowest BCUT2D eigenvalue weighted by atomic mass is 10.1. The highest BCUT2D eigenvalue weighted by Gasteiger charge is 2.20. The van der Waals surface area contributed by atoms with Crippen LogP contribution in [0.25, 0.3) is 0 Å². The van der Waals surface area contributed by atoms with Crippen LogP contribution >= 0.6 is 0 Å². The van der Waals surface area contributed by atoms with Crippen LogP contribution in [0.4, 0.5) is 0 Å². The number of rotatable bonds is 16. The molecule has 1 amide bonds. The number of nitrogens with zero attached hydrogens (tertiary/aromatic N) is 2. The third-order valence-corrected chi connectivity index (χ3v) is 5.43. The number of hydrogen-bond acceptors (Lipinski definition) is 8. The Morgan fingerprint density at radius 1 is 1.06 bits per heavy atom.